The van der Waals surface area contributed by atoms with E-state index in [0.717, 1.165) is 12.1 Å². The molecule has 21 heavy (non-hydrogen) atoms. The highest BCUT2D eigenvalue weighted by Crippen LogP contribution is 2.20. The Morgan fingerprint density at radius 3 is 2.43 bits per heavy atom. The fraction of sp³-hybridized carbons (Fsp3) is 0.0667. The second-order valence-electron chi connectivity index (χ2n) is 4.11. The lowest BCUT2D eigenvalue weighted by molar-refractivity contribution is -0.119. The van der Waals surface area contributed by atoms with Crippen LogP contribution in [0.3, 0.4) is 0 Å². The summed E-state index contributed by atoms with van der Waals surface area (Å²) in [6.45, 7) is -0.457. The highest BCUT2D eigenvalue weighted by molar-refractivity contribution is 6.33. The number of anilines is 1. The number of nitrogens with one attached hydrogen (secondary N) is 1. The van der Waals surface area contributed by atoms with Gasteiger partial charge in [0.25, 0.3) is 5.91 Å². The van der Waals surface area contributed by atoms with E-state index in [1.807, 2.05) is 0 Å². The van der Waals surface area contributed by atoms with Crippen LogP contribution in [0.5, 0.6) is 0 Å². The van der Waals surface area contributed by atoms with Gasteiger partial charge in [-0.25, -0.2) is 9.18 Å². The predicted molar refractivity (Wildman–Crippen MR) is 76.8 cm³/mol. The molecule has 0 aliphatic rings. The number of carbonyl (C=O) groups excluding carboxylic acids is 2. The third kappa shape index (κ3) is 4.29. The second kappa shape index (κ2) is 6.85. The van der Waals surface area contributed by atoms with Crippen LogP contribution in [-0.4, -0.2) is 18.5 Å². The van der Waals surface area contributed by atoms with Gasteiger partial charge in [-0.1, -0.05) is 23.7 Å². The summed E-state index contributed by atoms with van der Waals surface area (Å²) in [6, 6.07) is 11.5. The SMILES string of the molecule is O=C(COC(=O)c1ccc(F)cc1)Nc1ccccc1Cl. The van der Waals surface area contributed by atoms with Crippen LogP contribution in [0.25, 0.3) is 0 Å². The molecule has 0 atom stereocenters. The molecule has 2 rings (SSSR count). The molecule has 0 heterocycles. The van der Waals surface area contributed by atoms with Crippen LogP contribution in [0.4, 0.5) is 10.1 Å². The summed E-state index contributed by atoms with van der Waals surface area (Å²) in [6.07, 6.45) is 0. The molecule has 0 bridgehead atoms. The first-order valence-electron chi connectivity index (χ1n) is 6.03. The van der Waals surface area contributed by atoms with Crippen LogP contribution < -0.4 is 5.32 Å². The molecule has 1 amide bonds. The zero-order valence-corrected chi connectivity index (χ0v) is 11.6. The van der Waals surface area contributed by atoms with Gasteiger partial charge in [0.15, 0.2) is 6.61 Å². The Hall–Kier alpha value is -2.40. The van der Waals surface area contributed by atoms with E-state index in [4.69, 9.17) is 16.3 Å². The van der Waals surface area contributed by atoms with E-state index >= 15 is 0 Å². The quantitative estimate of drug-likeness (QED) is 0.882. The first-order valence-corrected chi connectivity index (χ1v) is 6.41. The number of hydrogen-bond acceptors (Lipinski definition) is 3. The Kier molecular flexibility index (Phi) is 4.90. The van der Waals surface area contributed by atoms with E-state index in [1.165, 1.54) is 12.1 Å². The third-order valence-electron chi connectivity index (χ3n) is 2.56. The minimum absolute atomic E-state index is 0.168. The van der Waals surface area contributed by atoms with Crippen molar-refractivity contribution < 1.29 is 18.7 Å². The molecule has 0 unspecified atom stereocenters. The minimum atomic E-state index is -0.704. The summed E-state index contributed by atoms with van der Waals surface area (Å²) in [5.74, 6) is -1.68. The number of benzene rings is 2. The number of esters is 1. The van der Waals surface area contributed by atoms with E-state index in [1.54, 1.807) is 24.3 Å². The van der Waals surface area contributed by atoms with Crippen molar-refractivity contribution >= 4 is 29.2 Å². The van der Waals surface area contributed by atoms with Gasteiger partial charge in [0.05, 0.1) is 16.3 Å². The molecule has 2 aromatic carbocycles. The molecule has 4 nitrogen and oxygen atoms in total. The Balaban J connectivity index is 1.88. The Bertz CT molecular complexity index is 658. The van der Waals surface area contributed by atoms with E-state index < -0.39 is 24.3 Å². The van der Waals surface area contributed by atoms with Crippen LogP contribution >= 0.6 is 11.6 Å². The van der Waals surface area contributed by atoms with Gasteiger partial charge in [-0.05, 0) is 36.4 Å². The molecule has 0 fully saturated rings. The number of para-hydroxylation sites is 1. The highest BCUT2D eigenvalue weighted by Gasteiger charge is 2.11. The smallest absolute Gasteiger partial charge is 0.338 e. The van der Waals surface area contributed by atoms with Gasteiger partial charge in [0.2, 0.25) is 0 Å². The third-order valence-corrected chi connectivity index (χ3v) is 2.89. The van der Waals surface area contributed by atoms with Crippen molar-refractivity contribution in [3.05, 3.63) is 64.9 Å². The van der Waals surface area contributed by atoms with Gasteiger partial charge in [-0.15, -0.1) is 0 Å². The summed E-state index contributed by atoms with van der Waals surface area (Å²) in [5, 5.41) is 2.90. The van der Waals surface area contributed by atoms with Crippen LogP contribution in [0, 0.1) is 5.82 Å². The second-order valence-corrected chi connectivity index (χ2v) is 4.52. The lowest BCUT2D eigenvalue weighted by Crippen LogP contribution is -2.21. The van der Waals surface area contributed by atoms with Gasteiger partial charge >= 0.3 is 5.97 Å². The lowest BCUT2D eigenvalue weighted by Gasteiger charge is -2.07. The van der Waals surface area contributed by atoms with Crippen LogP contribution in [0.15, 0.2) is 48.5 Å². The number of amides is 1. The van der Waals surface area contributed by atoms with Crippen molar-refractivity contribution in [2.24, 2.45) is 0 Å². The van der Waals surface area contributed by atoms with Crippen molar-refractivity contribution in [2.45, 2.75) is 0 Å². The summed E-state index contributed by atoms with van der Waals surface area (Å²) in [7, 11) is 0. The molecule has 6 heteroatoms. The molecule has 2 aromatic rings. The van der Waals surface area contributed by atoms with Crippen LogP contribution in [-0.2, 0) is 9.53 Å². The summed E-state index contributed by atoms with van der Waals surface area (Å²) in [4.78, 5) is 23.3. The number of hydrogen-bond donors (Lipinski definition) is 1. The van der Waals surface area contributed by atoms with Crippen molar-refractivity contribution in [1.82, 2.24) is 0 Å². The molecule has 0 saturated carbocycles. The standard InChI is InChI=1S/C15H11ClFNO3/c16-12-3-1-2-4-13(12)18-14(19)9-21-15(20)10-5-7-11(17)8-6-10/h1-8H,9H2,(H,18,19). The molecule has 0 radical (unpaired) electrons. The first-order chi connectivity index (χ1) is 10.1. The van der Waals surface area contributed by atoms with Gasteiger partial charge in [0, 0.05) is 0 Å². The maximum Gasteiger partial charge on any atom is 0.338 e. The van der Waals surface area contributed by atoms with Crippen molar-refractivity contribution in [3.8, 4) is 0 Å². The average molecular weight is 308 g/mol. The fourth-order valence-corrected chi connectivity index (χ4v) is 1.73. The fourth-order valence-electron chi connectivity index (χ4n) is 1.55. The molecule has 0 aliphatic heterocycles. The van der Waals surface area contributed by atoms with E-state index in [2.05, 4.69) is 5.32 Å². The maximum absolute atomic E-state index is 12.7. The zero-order chi connectivity index (χ0) is 15.2. The Morgan fingerprint density at radius 2 is 1.76 bits per heavy atom. The molecule has 1 N–H and O–H groups in total. The van der Waals surface area contributed by atoms with E-state index in [9.17, 15) is 14.0 Å². The number of carbonyl (C=O) groups is 2. The van der Waals surface area contributed by atoms with Gasteiger partial charge in [-0.2, -0.15) is 0 Å². The number of ether oxygens (including phenoxy) is 1. The average Bonchev–Trinajstić information content (AvgIpc) is 2.48. The summed E-state index contributed by atoms with van der Waals surface area (Å²) in [5.41, 5.74) is 0.601. The van der Waals surface area contributed by atoms with Crippen LogP contribution in [0.2, 0.25) is 5.02 Å². The zero-order valence-electron chi connectivity index (χ0n) is 10.8. The van der Waals surface area contributed by atoms with Crippen molar-refractivity contribution in [2.75, 3.05) is 11.9 Å². The molecule has 0 aliphatic carbocycles. The molecule has 0 aromatic heterocycles. The molecule has 0 spiro atoms. The predicted octanol–water partition coefficient (Wildman–Crippen LogP) is 3.27. The Labute approximate surface area is 125 Å². The topological polar surface area (TPSA) is 55.4 Å². The van der Waals surface area contributed by atoms with Gasteiger partial charge < -0.3 is 10.1 Å². The molecular formula is C15H11ClFNO3. The number of halogens is 2. The molecule has 108 valence electrons. The highest BCUT2D eigenvalue weighted by atomic mass is 35.5. The Morgan fingerprint density at radius 1 is 1.10 bits per heavy atom. The normalized spacial score (nSPS) is 10.0. The van der Waals surface area contributed by atoms with E-state index in [-0.39, 0.29) is 5.56 Å². The van der Waals surface area contributed by atoms with Crippen molar-refractivity contribution in [1.29, 1.82) is 0 Å². The van der Waals surface area contributed by atoms with Crippen molar-refractivity contribution in [3.63, 3.8) is 0 Å². The van der Waals surface area contributed by atoms with Crippen LogP contribution in [0.1, 0.15) is 10.4 Å². The minimum Gasteiger partial charge on any atom is -0.452 e. The first kappa shape index (κ1) is 15.0. The van der Waals surface area contributed by atoms with E-state index in [0.29, 0.717) is 10.7 Å². The largest absolute Gasteiger partial charge is 0.452 e. The van der Waals surface area contributed by atoms with Gasteiger partial charge in [-0.3, -0.25) is 4.79 Å². The summed E-state index contributed by atoms with van der Waals surface area (Å²) >= 11 is 5.88. The summed E-state index contributed by atoms with van der Waals surface area (Å²) < 4.78 is 17.5. The maximum atomic E-state index is 12.7. The molecular weight excluding hydrogens is 297 g/mol. The number of rotatable bonds is 4. The molecule has 0 saturated heterocycles. The lowest BCUT2D eigenvalue weighted by atomic mass is 10.2. The monoisotopic (exact) mass is 307 g/mol. The van der Waals surface area contributed by atoms with Gasteiger partial charge in [0.1, 0.15) is 5.82 Å².